The van der Waals surface area contributed by atoms with Crippen LogP contribution in [0.3, 0.4) is 0 Å². The van der Waals surface area contributed by atoms with E-state index in [9.17, 15) is 4.79 Å². The number of hydrogen-bond acceptors (Lipinski definition) is 3. The van der Waals surface area contributed by atoms with Gasteiger partial charge in [0, 0.05) is 17.7 Å². The van der Waals surface area contributed by atoms with Gasteiger partial charge in [0.25, 0.3) is 5.91 Å². The first-order valence-corrected chi connectivity index (χ1v) is 10.5. The monoisotopic (exact) mass is 387 g/mol. The summed E-state index contributed by atoms with van der Waals surface area (Å²) in [5.74, 6) is 0.779. The zero-order valence-corrected chi connectivity index (χ0v) is 16.4. The number of fused-ring (bicyclic) bond motifs is 3. The van der Waals surface area contributed by atoms with Gasteiger partial charge in [-0.05, 0) is 55.5 Å². The topological polar surface area (TPSA) is 56.2 Å². The lowest BCUT2D eigenvalue weighted by molar-refractivity contribution is 0.0950. The average Bonchev–Trinajstić information content (AvgIpc) is 3.35. The molecule has 5 rings (SSSR count). The molecule has 1 amide bonds. The van der Waals surface area contributed by atoms with Crippen LogP contribution in [0, 0.1) is 0 Å². The molecule has 3 aromatic rings. The van der Waals surface area contributed by atoms with Crippen molar-refractivity contribution < 1.29 is 9.53 Å². The predicted octanol–water partition coefficient (Wildman–Crippen LogP) is 4.59. The summed E-state index contributed by atoms with van der Waals surface area (Å²) in [6, 6.07) is 15.9. The number of carbonyl (C=O) groups excluding carboxylic acids is 1. The maximum absolute atomic E-state index is 12.7. The van der Waals surface area contributed by atoms with Crippen LogP contribution in [0.5, 0.6) is 5.75 Å². The molecule has 2 aromatic carbocycles. The molecule has 1 aliphatic heterocycles. The van der Waals surface area contributed by atoms with Crippen LogP contribution in [0.25, 0.3) is 11.3 Å². The predicted molar refractivity (Wildman–Crippen MR) is 112 cm³/mol. The van der Waals surface area contributed by atoms with Gasteiger partial charge in [0.2, 0.25) is 0 Å². The van der Waals surface area contributed by atoms with Gasteiger partial charge in [0.05, 0.1) is 30.4 Å². The Hall–Kier alpha value is -3.08. The van der Waals surface area contributed by atoms with Crippen LogP contribution in [-0.2, 0) is 0 Å². The maximum Gasteiger partial charge on any atom is 0.251 e. The van der Waals surface area contributed by atoms with E-state index in [-0.39, 0.29) is 11.9 Å². The molecule has 0 saturated heterocycles. The summed E-state index contributed by atoms with van der Waals surface area (Å²) in [5, 5.41) is 3.08. The van der Waals surface area contributed by atoms with E-state index in [1.807, 2.05) is 48.9 Å². The minimum Gasteiger partial charge on any atom is -0.490 e. The van der Waals surface area contributed by atoms with Crippen LogP contribution >= 0.6 is 0 Å². The van der Waals surface area contributed by atoms with E-state index in [0.29, 0.717) is 18.2 Å². The smallest absolute Gasteiger partial charge is 0.251 e. The summed E-state index contributed by atoms with van der Waals surface area (Å²) >= 11 is 0. The third kappa shape index (κ3) is 3.53. The largest absolute Gasteiger partial charge is 0.490 e. The van der Waals surface area contributed by atoms with Crippen LogP contribution in [-0.4, -0.2) is 28.1 Å². The van der Waals surface area contributed by atoms with E-state index in [4.69, 9.17) is 4.74 Å². The fourth-order valence-corrected chi connectivity index (χ4v) is 4.49. The first-order chi connectivity index (χ1) is 14.3. The summed E-state index contributed by atoms with van der Waals surface area (Å²) in [6.07, 6.45) is 10.1. The van der Waals surface area contributed by atoms with Crippen molar-refractivity contribution in [3.8, 4) is 17.0 Å². The molecular formula is C24H25N3O2. The van der Waals surface area contributed by atoms with Crippen LogP contribution in [0.4, 0.5) is 0 Å². The lowest BCUT2D eigenvalue weighted by Crippen LogP contribution is -2.30. The van der Waals surface area contributed by atoms with Crippen molar-refractivity contribution in [2.24, 2.45) is 0 Å². The molecule has 2 heterocycles. The number of hydrogen-bond donors (Lipinski definition) is 1. The number of nitrogens with zero attached hydrogens (tertiary/aromatic N) is 2. The van der Waals surface area contributed by atoms with E-state index in [0.717, 1.165) is 24.3 Å². The van der Waals surface area contributed by atoms with Crippen molar-refractivity contribution in [1.82, 2.24) is 14.9 Å². The van der Waals surface area contributed by atoms with E-state index in [1.54, 1.807) is 0 Å². The van der Waals surface area contributed by atoms with E-state index in [2.05, 4.69) is 27.0 Å². The Labute approximate surface area is 170 Å². The van der Waals surface area contributed by atoms with E-state index < -0.39 is 0 Å². The molecule has 1 N–H and O–H groups in total. The molecule has 1 fully saturated rings. The van der Waals surface area contributed by atoms with Crippen molar-refractivity contribution >= 4 is 5.91 Å². The van der Waals surface area contributed by atoms with Gasteiger partial charge in [-0.2, -0.15) is 0 Å². The quantitative estimate of drug-likeness (QED) is 0.696. The molecule has 5 nitrogen and oxygen atoms in total. The first-order valence-electron chi connectivity index (χ1n) is 10.5. The Morgan fingerprint density at radius 1 is 1.07 bits per heavy atom. The number of aromatic nitrogens is 2. The van der Waals surface area contributed by atoms with Crippen molar-refractivity contribution in [1.29, 1.82) is 0 Å². The highest BCUT2D eigenvalue weighted by atomic mass is 16.5. The molecule has 1 saturated carbocycles. The second-order valence-corrected chi connectivity index (χ2v) is 7.90. The molecule has 0 spiro atoms. The summed E-state index contributed by atoms with van der Waals surface area (Å²) in [5.41, 5.74) is 4.16. The van der Waals surface area contributed by atoms with Crippen molar-refractivity contribution in [2.75, 3.05) is 6.54 Å². The molecule has 1 atom stereocenters. The van der Waals surface area contributed by atoms with Crippen LogP contribution in [0.15, 0.2) is 61.1 Å². The number of rotatable bonds is 5. The molecule has 0 radical (unpaired) electrons. The van der Waals surface area contributed by atoms with Gasteiger partial charge in [0.15, 0.2) is 0 Å². The highest BCUT2D eigenvalue weighted by Gasteiger charge is 2.28. The molecule has 5 heteroatoms. The standard InChI is InChI=1S/C24H25N3O2/c28-24(17-10-12-19(13-11-17)29-18-6-2-1-3-7-18)26-15-23-21-9-5-4-8-20(21)22-14-25-16-27(22)23/h4-5,8-14,16,18,23H,1-3,6-7,15H2,(H,26,28)/t23-/m0/s1. The van der Waals surface area contributed by atoms with Crippen LogP contribution in [0.2, 0.25) is 0 Å². The van der Waals surface area contributed by atoms with Crippen molar-refractivity contribution in [3.63, 3.8) is 0 Å². The summed E-state index contributed by atoms with van der Waals surface area (Å²) in [7, 11) is 0. The summed E-state index contributed by atoms with van der Waals surface area (Å²) < 4.78 is 8.19. The second kappa shape index (κ2) is 7.74. The third-order valence-corrected chi connectivity index (χ3v) is 6.03. The number of imidazole rings is 1. The molecule has 1 aromatic heterocycles. The van der Waals surface area contributed by atoms with Gasteiger partial charge in [0.1, 0.15) is 5.75 Å². The Morgan fingerprint density at radius 2 is 1.86 bits per heavy atom. The Balaban J connectivity index is 1.23. The summed E-state index contributed by atoms with van der Waals surface area (Å²) in [6.45, 7) is 0.527. The third-order valence-electron chi connectivity index (χ3n) is 6.03. The maximum atomic E-state index is 12.7. The van der Waals surface area contributed by atoms with Crippen LogP contribution in [0.1, 0.15) is 54.1 Å². The molecule has 2 aliphatic rings. The van der Waals surface area contributed by atoms with Crippen molar-refractivity contribution in [3.05, 3.63) is 72.2 Å². The zero-order valence-electron chi connectivity index (χ0n) is 16.4. The molecule has 0 unspecified atom stereocenters. The van der Waals surface area contributed by atoms with Gasteiger partial charge < -0.3 is 14.6 Å². The summed E-state index contributed by atoms with van der Waals surface area (Å²) in [4.78, 5) is 17.0. The Bertz CT molecular complexity index is 1000. The van der Waals surface area contributed by atoms with Gasteiger partial charge in [-0.3, -0.25) is 4.79 Å². The van der Waals surface area contributed by atoms with Crippen LogP contribution < -0.4 is 10.1 Å². The minimum absolute atomic E-state index is 0.0692. The van der Waals surface area contributed by atoms with Gasteiger partial charge in [-0.1, -0.05) is 30.7 Å². The minimum atomic E-state index is -0.0692. The number of nitrogens with one attached hydrogen (secondary N) is 1. The molecule has 148 valence electrons. The molecule has 0 bridgehead atoms. The normalized spacial score (nSPS) is 18.1. The fourth-order valence-electron chi connectivity index (χ4n) is 4.49. The molecule has 1 aliphatic carbocycles. The van der Waals surface area contributed by atoms with E-state index >= 15 is 0 Å². The highest BCUT2D eigenvalue weighted by Crippen LogP contribution is 2.38. The molecular weight excluding hydrogens is 362 g/mol. The van der Waals surface area contributed by atoms with Crippen molar-refractivity contribution in [2.45, 2.75) is 44.2 Å². The molecule has 29 heavy (non-hydrogen) atoms. The number of ether oxygens (including phenoxy) is 1. The number of benzene rings is 2. The van der Waals surface area contributed by atoms with E-state index in [1.165, 1.54) is 30.4 Å². The Kier molecular flexibility index (Phi) is 4.80. The first kappa shape index (κ1) is 18.0. The zero-order chi connectivity index (χ0) is 19.6. The highest BCUT2D eigenvalue weighted by molar-refractivity contribution is 5.94. The van der Waals surface area contributed by atoms with Gasteiger partial charge >= 0.3 is 0 Å². The lowest BCUT2D eigenvalue weighted by Gasteiger charge is -2.23. The number of amides is 1. The number of carbonyl (C=O) groups is 1. The fraction of sp³-hybridized carbons (Fsp3) is 0.333. The Morgan fingerprint density at radius 3 is 2.69 bits per heavy atom. The second-order valence-electron chi connectivity index (χ2n) is 7.90. The average molecular weight is 387 g/mol. The lowest BCUT2D eigenvalue weighted by atomic mass is 9.98. The van der Waals surface area contributed by atoms with Gasteiger partial charge in [-0.25, -0.2) is 4.98 Å². The SMILES string of the molecule is O=C(NC[C@H]1c2ccccc2-c2cncn21)c1ccc(OC2CCCCC2)cc1. The van der Waals surface area contributed by atoms with Gasteiger partial charge in [-0.15, -0.1) is 0 Å².